The molecule has 1 aromatic heterocycles. The summed E-state index contributed by atoms with van der Waals surface area (Å²) in [5.74, 6) is 0.654. The smallest absolute Gasteiger partial charge is 0.210 e. The van der Waals surface area contributed by atoms with Crippen molar-refractivity contribution in [3.05, 3.63) is 46.8 Å². The first-order chi connectivity index (χ1) is 11.9. The molecule has 0 amide bonds. The van der Waals surface area contributed by atoms with Gasteiger partial charge in [-0.1, -0.05) is 56.8 Å². The molecule has 5 heteroatoms. The zero-order chi connectivity index (χ0) is 17.4. The van der Waals surface area contributed by atoms with Gasteiger partial charge in [0.2, 0.25) is 5.16 Å². The average Bonchev–Trinajstić information content (AvgIpc) is 3.09. The van der Waals surface area contributed by atoms with Crippen LogP contribution in [0.5, 0.6) is 0 Å². The number of benzene rings is 1. The Kier molecular flexibility index (Phi) is 3.04. The third-order valence-electron chi connectivity index (χ3n) is 7.00. The van der Waals surface area contributed by atoms with Crippen molar-refractivity contribution in [2.75, 3.05) is 0 Å². The van der Waals surface area contributed by atoms with Gasteiger partial charge in [-0.3, -0.25) is 4.79 Å². The fourth-order valence-corrected chi connectivity index (χ4v) is 6.02. The molecule has 128 valence electrons. The highest BCUT2D eigenvalue weighted by molar-refractivity contribution is 8.00. The van der Waals surface area contributed by atoms with E-state index in [0.717, 1.165) is 35.4 Å². The number of rotatable bonds is 2. The van der Waals surface area contributed by atoms with E-state index in [2.05, 4.69) is 31.0 Å². The second-order valence-electron chi connectivity index (χ2n) is 8.31. The molecule has 25 heavy (non-hydrogen) atoms. The number of ketones is 1. The van der Waals surface area contributed by atoms with Crippen LogP contribution < -0.4 is 0 Å². The third-order valence-corrected chi connectivity index (χ3v) is 8.05. The Bertz CT molecular complexity index is 910. The highest BCUT2D eigenvalue weighted by Crippen LogP contribution is 2.66. The zero-order valence-corrected chi connectivity index (χ0v) is 15.6. The molecule has 0 radical (unpaired) electrons. The van der Waals surface area contributed by atoms with Crippen molar-refractivity contribution in [2.24, 2.45) is 5.41 Å². The number of carbonyl (C=O) groups excluding carboxylic acids is 1. The number of hydrogen-bond acceptors (Lipinski definition) is 5. The van der Waals surface area contributed by atoms with Crippen LogP contribution >= 0.6 is 11.8 Å². The van der Waals surface area contributed by atoms with Crippen LogP contribution in [0.3, 0.4) is 0 Å². The summed E-state index contributed by atoms with van der Waals surface area (Å²) < 4.78 is 0. The van der Waals surface area contributed by atoms with Crippen molar-refractivity contribution in [3.8, 4) is 0 Å². The summed E-state index contributed by atoms with van der Waals surface area (Å²) in [6.45, 7) is 6.98. The average molecular weight is 351 g/mol. The quantitative estimate of drug-likeness (QED) is 0.820. The molecule has 1 aromatic carbocycles. The van der Waals surface area contributed by atoms with E-state index in [9.17, 15) is 4.79 Å². The van der Waals surface area contributed by atoms with Crippen LogP contribution in [-0.4, -0.2) is 26.2 Å². The number of Topliss-reactive ketones (excluding diaryl/α,β-unsaturated/α-hetero) is 1. The standard InChI is InChI=1S/C20H21N3OS/c1-19(2)13-8-9-20(19,3)17-15(13)22-23-18(21-17)25-14-10-11-6-4-5-7-12(11)16(14)24/h4-7,13-14H,8-10H2,1-3H3/t13-,14-,20-/m1/s1. The molecule has 3 aliphatic rings. The van der Waals surface area contributed by atoms with Crippen molar-refractivity contribution in [2.45, 2.75) is 61.8 Å². The first kappa shape index (κ1) is 15.5. The molecule has 0 N–H and O–H groups in total. The van der Waals surface area contributed by atoms with Gasteiger partial charge >= 0.3 is 0 Å². The summed E-state index contributed by atoms with van der Waals surface area (Å²) in [5, 5.41) is 9.45. The largest absolute Gasteiger partial charge is 0.293 e. The normalized spacial score (nSPS) is 31.2. The van der Waals surface area contributed by atoms with Gasteiger partial charge in [0.25, 0.3) is 0 Å². The van der Waals surface area contributed by atoms with Crippen LogP contribution in [0, 0.1) is 5.41 Å². The summed E-state index contributed by atoms with van der Waals surface area (Å²) in [5.41, 5.74) is 4.44. The summed E-state index contributed by atoms with van der Waals surface area (Å²) in [6.07, 6.45) is 3.09. The second kappa shape index (κ2) is 4.91. The molecule has 4 nitrogen and oxygen atoms in total. The first-order valence-electron chi connectivity index (χ1n) is 8.96. The molecule has 0 spiro atoms. The van der Waals surface area contributed by atoms with Crippen molar-refractivity contribution in [1.82, 2.24) is 15.2 Å². The Balaban J connectivity index is 1.47. The topological polar surface area (TPSA) is 55.7 Å². The van der Waals surface area contributed by atoms with E-state index in [4.69, 9.17) is 4.98 Å². The van der Waals surface area contributed by atoms with Crippen LogP contribution in [0.25, 0.3) is 0 Å². The lowest BCUT2D eigenvalue weighted by molar-refractivity contribution is 0.1000. The molecule has 2 aromatic rings. The Morgan fingerprint density at radius 2 is 1.96 bits per heavy atom. The number of aromatic nitrogens is 3. The van der Waals surface area contributed by atoms with Gasteiger partial charge in [0.05, 0.1) is 16.6 Å². The molecule has 1 heterocycles. The van der Waals surface area contributed by atoms with Crippen molar-refractivity contribution >= 4 is 17.5 Å². The van der Waals surface area contributed by atoms with Crippen LogP contribution in [0.15, 0.2) is 29.4 Å². The van der Waals surface area contributed by atoms with Crippen LogP contribution in [0.1, 0.15) is 66.8 Å². The lowest BCUT2D eigenvalue weighted by atomic mass is 9.70. The van der Waals surface area contributed by atoms with E-state index < -0.39 is 0 Å². The van der Waals surface area contributed by atoms with Gasteiger partial charge in [0.15, 0.2) is 5.78 Å². The van der Waals surface area contributed by atoms with Gasteiger partial charge < -0.3 is 0 Å². The van der Waals surface area contributed by atoms with E-state index in [1.165, 1.54) is 18.2 Å². The zero-order valence-electron chi connectivity index (χ0n) is 14.7. The molecule has 5 rings (SSSR count). The minimum atomic E-state index is -0.128. The summed E-state index contributed by atoms with van der Waals surface area (Å²) in [7, 11) is 0. The highest BCUT2D eigenvalue weighted by atomic mass is 32.2. The number of carbonyl (C=O) groups is 1. The van der Waals surface area contributed by atoms with Crippen molar-refractivity contribution in [1.29, 1.82) is 0 Å². The molecule has 1 saturated carbocycles. The third kappa shape index (κ3) is 1.90. The fourth-order valence-electron chi connectivity index (χ4n) is 5.04. The Hall–Kier alpha value is -1.75. The van der Waals surface area contributed by atoms with E-state index >= 15 is 0 Å². The van der Waals surface area contributed by atoms with Gasteiger partial charge in [0, 0.05) is 16.9 Å². The number of nitrogens with zero attached hydrogens (tertiary/aromatic N) is 3. The minimum absolute atomic E-state index is 0.0703. The Labute approximate surface area is 151 Å². The van der Waals surface area contributed by atoms with E-state index in [-0.39, 0.29) is 21.9 Å². The van der Waals surface area contributed by atoms with E-state index in [1.807, 2.05) is 24.3 Å². The Morgan fingerprint density at radius 3 is 2.76 bits per heavy atom. The SMILES string of the molecule is CC1(C)[C@@H]2CC[C@]1(C)c1nc(S[C@@H]3Cc4ccccc4C3=O)nnc12. The predicted octanol–water partition coefficient (Wildman–Crippen LogP) is 3.95. The highest BCUT2D eigenvalue weighted by Gasteiger charge is 2.61. The van der Waals surface area contributed by atoms with Gasteiger partial charge in [0.1, 0.15) is 0 Å². The molecule has 3 aliphatic carbocycles. The van der Waals surface area contributed by atoms with Crippen molar-refractivity contribution < 1.29 is 4.79 Å². The maximum Gasteiger partial charge on any atom is 0.210 e. The Morgan fingerprint density at radius 1 is 1.16 bits per heavy atom. The first-order valence-corrected chi connectivity index (χ1v) is 9.84. The number of hydrogen-bond donors (Lipinski definition) is 0. The van der Waals surface area contributed by atoms with Gasteiger partial charge in [-0.2, -0.15) is 5.10 Å². The van der Waals surface area contributed by atoms with Gasteiger partial charge in [-0.05, 0) is 30.2 Å². The number of fused-ring (bicyclic) bond motifs is 6. The molecule has 0 aliphatic heterocycles. The predicted molar refractivity (Wildman–Crippen MR) is 97.1 cm³/mol. The molecular weight excluding hydrogens is 330 g/mol. The maximum atomic E-state index is 12.6. The molecule has 3 atom stereocenters. The van der Waals surface area contributed by atoms with Crippen molar-refractivity contribution in [3.63, 3.8) is 0 Å². The fraction of sp³-hybridized carbons (Fsp3) is 0.500. The molecular formula is C20H21N3OS. The van der Waals surface area contributed by atoms with Gasteiger partial charge in [-0.15, -0.1) is 5.10 Å². The lowest BCUT2D eigenvalue weighted by Crippen LogP contribution is -2.32. The van der Waals surface area contributed by atoms with Crippen LogP contribution in [-0.2, 0) is 11.8 Å². The van der Waals surface area contributed by atoms with E-state index in [1.54, 1.807) is 0 Å². The maximum absolute atomic E-state index is 12.6. The molecule has 1 fully saturated rings. The number of thioether (sulfide) groups is 1. The monoisotopic (exact) mass is 351 g/mol. The summed E-state index contributed by atoms with van der Waals surface area (Å²) >= 11 is 1.47. The van der Waals surface area contributed by atoms with Gasteiger partial charge in [-0.25, -0.2) is 4.98 Å². The van der Waals surface area contributed by atoms with Crippen LogP contribution in [0.4, 0.5) is 0 Å². The lowest BCUT2D eigenvalue weighted by Gasteiger charge is -2.34. The molecule has 0 unspecified atom stereocenters. The van der Waals surface area contributed by atoms with Crippen LogP contribution in [0.2, 0.25) is 0 Å². The summed E-state index contributed by atoms with van der Waals surface area (Å²) in [4.78, 5) is 17.5. The minimum Gasteiger partial charge on any atom is -0.293 e. The molecule has 0 saturated heterocycles. The second-order valence-corrected chi connectivity index (χ2v) is 9.48. The van der Waals surface area contributed by atoms with E-state index in [0.29, 0.717) is 11.1 Å². The summed E-state index contributed by atoms with van der Waals surface area (Å²) in [6, 6.07) is 7.88. The molecule has 2 bridgehead atoms.